The zero-order valence-corrected chi connectivity index (χ0v) is 8.56. The largest absolute Gasteiger partial charge is 0.395 e. The van der Waals surface area contributed by atoms with Gasteiger partial charge in [-0.25, -0.2) is 0 Å². The highest BCUT2D eigenvalue weighted by molar-refractivity contribution is 8.16. The lowest BCUT2D eigenvalue weighted by molar-refractivity contribution is 0.560. The van der Waals surface area contributed by atoms with Gasteiger partial charge < -0.3 is 10.6 Å². The Morgan fingerprint density at radius 1 is 1.58 bits per heavy atom. The average Bonchev–Trinajstić information content (AvgIpc) is 1.98. The molecule has 0 aromatic heterocycles. The van der Waals surface area contributed by atoms with Crippen molar-refractivity contribution in [2.75, 3.05) is 21.1 Å². The highest BCUT2D eigenvalue weighted by Gasteiger charge is 2.00. The Kier molecular flexibility index (Phi) is 5.28. The van der Waals surface area contributed by atoms with Crippen LogP contribution in [0.5, 0.6) is 0 Å². The van der Waals surface area contributed by atoms with E-state index < -0.39 is 0 Å². The third-order valence-electron chi connectivity index (χ3n) is 1.04. The maximum atomic E-state index is 5.74. The molecule has 12 heavy (non-hydrogen) atoms. The molecule has 0 aromatic rings. The first-order valence-electron chi connectivity index (χ1n) is 3.50. The van der Waals surface area contributed by atoms with Crippen LogP contribution in [0.4, 0.5) is 0 Å². The van der Waals surface area contributed by atoms with Crippen LogP contribution in [0.15, 0.2) is 28.9 Å². The SMILES string of the molecule is C=CSC(=N/C)/C(N)=C\N(C)C. The molecule has 0 aromatic carbocycles. The molecule has 0 heterocycles. The summed E-state index contributed by atoms with van der Waals surface area (Å²) < 4.78 is 0. The Hall–Kier alpha value is -0.900. The van der Waals surface area contributed by atoms with E-state index in [0.717, 1.165) is 5.04 Å². The Labute approximate surface area is 78.0 Å². The molecule has 0 aliphatic rings. The van der Waals surface area contributed by atoms with Crippen LogP contribution in [0.25, 0.3) is 0 Å². The third-order valence-corrected chi connectivity index (χ3v) is 1.85. The Morgan fingerprint density at radius 3 is 2.50 bits per heavy atom. The van der Waals surface area contributed by atoms with E-state index in [1.165, 1.54) is 11.8 Å². The second-order valence-electron chi connectivity index (χ2n) is 2.36. The summed E-state index contributed by atoms with van der Waals surface area (Å²) in [6.07, 6.45) is 1.82. The van der Waals surface area contributed by atoms with E-state index in [2.05, 4.69) is 11.6 Å². The highest BCUT2D eigenvalue weighted by Crippen LogP contribution is 2.09. The molecule has 0 atom stereocenters. The van der Waals surface area contributed by atoms with Crippen molar-refractivity contribution in [2.45, 2.75) is 0 Å². The van der Waals surface area contributed by atoms with Gasteiger partial charge in [-0.3, -0.25) is 4.99 Å². The van der Waals surface area contributed by atoms with E-state index in [9.17, 15) is 0 Å². The van der Waals surface area contributed by atoms with Crippen molar-refractivity contribution in [2.24, 2.45) is 10.7 Å². The van der Waals surface area contributed by atoms with Crippen molar-refractivity contribution < 1.29 is 0 Å². The maximum Gasteiger partial charge on any atom is 0.119 e. The normalized spacial score (nSPS) is 12.9. The molecule has 4 heteroatoms. The summed E-state index contributed by atoms with van der Waals surface area (Å²) in [6.45, 7) is 3.60. The quantitative estimate of drug-likeness (QED) is 0.531. The molecule has 0 spiro atoms. The van der Waals surface area contributed by atoms with Gasteiger partial charge in [0, 0.05) is 27.3 Å². The van der Waals surface area contributed by atoms with Crippen molar-refractivity contribution in [1.82, 2.24) is 4.90 Å². The fraction of sp³-hybridized carbons (Fsp3) is 0.375. The van der Waals surface area contributed by atoms with E-state index in [1.54, 1.807) is 12.5 Å². The number of hydrogen-bond acceptors (Lipinski definition) is 4. The predicted molar refractivity (Wildman–Crippen MR) is 57.1 cm³/mol. The maximum absolute atomic E-state index is 5.74. The predicted octanol–water partition coefficient (Wildman–Crippen LogP) is 1.25. The van der Waals surface area contributed by atoms with Gasteiger partial charge in [-0.1, -0.05) is 18.3 Å². The number of rotatable bonds is 3. The second kappa shape index (κ2) is 5.71. The van der Waals surface area contributed by atoms with E-state index in [1.807, 2.05) is 25.2 Å². The van der Waals surface area contributed by atoms with Crippen LogP contribution in [0, 0.1) is 0 Å². The van der Waals surface area contributed by atoms with Gasteiger partial charge in [0.2, 0.25) is 0 Å². The minimum Gasteiger partial charge on any atom is -0.395 e. The standard InChI is InChI=1S/C8H15N3S/c1-5-12-8(10-2)7(9)6-11(3)4/h5-6H,1,9H2,2-4H3/b7-6+,10-8+. The number of hydrogen-bond donors (Lipinski definition) is 1. The summed E-state index contributed by atoms with van der Waals surface area (Å²) in [5, 5.41) is 2.50. The molecular weight excluding hydrogens is 170 g/mol. The molecule has 0 aliphatic heterocycles. The molecule has 3 nitrogen and oxygen atoms in total. The minimum atomic E-state index is 0.660. The van der Waals surface area contributed by atoms with Gasteiger partial charge in [0.25, 0.3) is 0 Å². The van der Waals surface area contributed by atoms with Crippen molar-refractivity contribution in [3.63, 3.8) is 0 Å². The number of aliphatic imine (C=N–C) groups is 1. The summed E-state index contributed by atoms with van der Waals surface area (Å²) in [5.41, 5.74) is 6.40. The van der Waals surface area contributed by atoms with Crippen LogP contribution in [0.1, 0.15) is 0 Å². The molecule has 0 rings (SSSR count). The fourth-order valence-electron chi connectivity index (χ4n) is 0.662. The van der Waals surface area contributed by atoms with Gasteiger partial charge in [-0.15, -0.1) is 0 Å². The average molecular weight is 185 g/mol. The smallest absolute Gasteiger partial charge is 0.119 e. The lowest BCUT2D eigenvalue weighted by atomic mass is 10.5. The first-order valence-corrected chi connectivity index (χ1v) is 4.38. The molecule has 2 N–H and O–H groups in total. The molecule has 0 amide bonds. The highest BCUT2D eigenvalue weighted by atomic mass is 32.2. The molecule has 0 unspecified atom stereocenters. The summed E-state index contributed by atoms with van der Waals surface area (Å²) in [7, 11) is 5.54. The van der Waals surface area contributed by atoms with Crippen LogP contribution in [0.3, 0.4) is 0 Å². The van der Waals surface area contributed by atoms with Gasteiger partial charge >= 0.3 is 0 Å². The van der Waals surface area contributed by atoms with Crippen LogP contribution < -0.4 is 5.73 Å². The summed E-state index contributed by atoms with van der Waals surface area (Å²) in [5.74, 6) is 0. The molecule has 0 radical (unpaired) electrons. The molecular formula is C8H15N3S. The van der Waals surface area contributed by atoms with Crippen LogP contribution >= 0.6 is 11.8 Å². The monoisotopic (exact) mass is 185 g/mol. The second-order valence-corrected chi connectivity index (χ2v) is 3.32. The molecule has 0 saturated heterocycles. The Bertz CT molecular complexity index is 206. The van der Waals surface area contributed by atoms with Crippen molar-refractivity contribution in [3.8, 4) is 0 Å². The van der Waals surface area contributed by atoms with Crippen molar-refractivity contribution >= 4 is 16.8 Å². The molecule has 0 aliphatic carbocycles. The van der Waals surface area contributed by atoms with Crippen LogP contribution in [0.2, 0.25) is 0 Å². The van der Waals surface area contributed by atoms with Gasteiger partial charge in [0.05, 0.1) is 5.70 Å². The summed E-state index contributed by atoms with van der Waals surface area (Å²) in [6, 6.07) is 0. The van der Waals surface area contributed by atoms with E-state index >= 15 is 0 Å². The molecule has 68 valence electrons. The lowest BCUT2D eigenvalue weighted by Gasteiger charge is -2.08. The minimum absolute atomic E-state index is 0.660. The zero-order valence-electron chi connectivity index (χ0n) is 7.74. The topological polar surface area (TPSA) is 41.6 Å². The van der Waals surface area contributed by atoms with Crippen LogP contribution in [-0.2, 0) is 0 Å². The Morgan fingerprint density at radius 2 is 2.17 bits per heavy atom. The van der Waals surface area contributed by atoms with Crippen molar-refractivity contribution in [1.29, 1.82) is 0 Å². The molecule has 0 fully saturated rings. The number of nitrogens with two attached hydrogens (primary N) is 1. The van der Waals surface area contributed by atoms with E-state index in [-0.39, 0.29) is 0 Å². The van der Waals surface area contributed by atoms with E-state index in [0.29, 0.717) is 5.70 Å². The van der Waals surface area contributed by atoms with Gasteiger partial charge in [-0.05, 0) is 5.41 Å². The van der Waals surface area contributed by atoms with Crippen molar-refractivity contribution in [3.05, 3.63) is 23.9 Å². The lowest BCUT2D eigenvalue weighted by Crippen LogP contribution is -2.13. The van der Waals surface area contributed by atoms with Gasteiger partial charge in [-0.2, -0.15) is 0 Å². The fourth-order valence-corrected chi connectivity index (χ4v) is 1.11. The number of nitrogens with zero attached hydrogens (tertiary/aromatic N) is 2. The van der Waals surface area contributed by atoms with Gasteiger partial charge in [0.1, 0.15) is 5.04 Å². The number of thioether (sulfide) groups is 1. The summed E-state index contributed by atoms with van der Waals surface area (Å²) >= 11 is 1.42. The zero-order chi connectivity index (χ0) is 9.56. The summed E-state index contributed by atoms with van der Waals surface area (Å²) in [4.78, 5) is 5.90. The van der Waals surface area contributed by atoms with E-state index in [4.69, 9.17) is 5.73 Å². The molecule has 0 saturated carbocycles. The molecule has 0 bridgehead atoms. The first kappa shape index (κ1) is 11.1. The van der Waals surface area contributed by atoms with Gasteiger partial charge in [0.15, 0.2) is 0 Å². The first-order chi connectivity index (χ1) is 5.61. The Balaban J connectivity index is 4.42. The van der Waals surface area contributed by atoms with Crippen LogP contribution in [-0.4, -0.2) is 31.1 Å². The third kappa shape index (κ3) is 4.08.